The summed E-state index contributed by atoms with van der Waals surface area (Å²) in [7, 11) is 0. The number of nitrogens with one attached hydrogen (secondary N) is 1. The van der Waals surface area contributed by atoms with Crippen LogP contribution in [0.25, 0.3) is 0 Å². The normalized spacial score (nSPS) is 19.0. The Kier molecular flexibility index (Phi) is 5.62. The first-order valence-electron chi connectivity index (χ1n) is 7.84. The fourth-order valence-corrected chi connectivity index (χ4v) is 2.80. The van der Waals surface area contributed by atoms with Crippen LogP contribution in [0.3, 0.4) is 0 Å². The van der Waals surface area contributed by atoms with Crippen molar-refractivity contribution in [2.75, 3.05) is 19.6 Å². The Labute approximate surface area is 127 Å². The molecule has 1 amide bonds. The molecule has 1 atom stereocenters. The number of amides is 1. The van der Waals surface area contributed by atoms with Gasteiger partial charge in [-0.2, -0.15) is 0 Å². The Balaban J connectivity index is 1.88. The smallest absolute Gasteiger partial charge is 0.227 e. The summed E-state index contributed by atoms with van der Waals surface area (Å²) in [6.07, 6.45) is 2.54. The van der Waals surface area contributed by atoms with Crippen LogP contribution < -0.4 is 5.32 Å². The van der Waals surface area contributed by atoms with Crippen molar-refractivity contribution in [1.29, 1.82) is 0 Å². The maximum atomic E-state index is 12.4. The molecule has 116 valence electrons. The fraction of sp³-hybridized carbons (Fsp3) is 0.588. The van der Waals surface area contributed by atoms with Crippen LogP contribution in [0, 0.1) is 5.92 Å². The first kappa shape index (κ1) is 15.8. The molecule has 0 spiro atoms. The molecule has 0 bridgehead atoms. The molecule has 1 aromatic carbocycles. The van der Waals surface area contributed by atoms with E-state index in [1.54, 1.807) is 12.1 Å². The largest absolute Gasteiger partial charge is 0.508 e. The maximum Gasteiger partial charge on any atom is 0.227 e. The van der Waals surface area contributed by atoms with E-state index in [4.69, 9.17) is 0 Å². The van der Waals surface area contributed by atoms with Gasteiger partial charge in [0.05, 0.1) is 6.42 Å². The van der Waals surface area contributed by atoms with E-state index in [9.17, 15) is 9.90 Å². The van der Waals surface area contributed by atoms with E-state index in [1.165, 1.54) is 6.42 Å². The average molecular weight is 290 g/mol. The van der Waals surface area contributed by atoms with Crippen LogP contribution in [0.15, 0.2) is 24.3 Å². The molecule has 0 aromatic heterocycles. The number of likely N-dealkylation sites (tertiary alicyclic amines) is 1. The van der Waals surface area contributed by atoms with Gasteiger partial charge in [0.25, 0.3) is 0 Å². The second-order valence-corrected chi connectivity index (χ2v) is 6.22. The molecule has 2 rings (SSSR count). The van der Waals surface area contributed by atoms with Crippen molar-refractivity contribution in [2.24, 2.45) is 5.92 Å². The highest BCUT2D eigenvalue weighted by molar-refractivity contribution is 5.79. The summed E-state index contributed by atoms with van der Waals surface area (Å²) in [5.41, 5.74) is 0.713. The third-order valence-electron chi connectivity index (χ3n) is 4.02. The summed E-state index contributed by atoms with van der Waals surface area (Å²) in [6.45, 7) is 6.92. The van der Waals surface area contributed by atoms with Crippen LogP contribution >= 0.6 is 0 Å². The monoisotopic (exact) mass is 290 g/mol. The molecule has 1 aliphatic heterocycles. The summed E-state index contributed by atoms with van der Waals surface area (Å²) in [5.74, 6) is 0.862. The third kappa shape index (κ3) is 4.74. The molecular weight excluding hydrogens is 264 g/mol. The Morgan fingerprint density at radius 3 is 2.90 bits per heavy atom. The molecular formula is C17H26N2O2. The number of nitrogens with zero attached hydrogens (tertiary/aromatic N) is 1. The third-order valence-corrected chi connectivity index (χ3v) is 4.02. The van der Waals surface area contributed by atoms with Crippen molar-refractivity contribution in [2.45, 2.75) is 39.2 Å². The predicted octanol–water partition coefficient (Wildman–Crippen LogP) is 2.17. The van der Waals surface area contributed by atoms with Crippen LogP contribution in [0.2, 0.25) is 0 Å². The number of phenols is 1. The number of benzene rings is 1. The van der Waals surface area contributed by atoms with Crippen LogP contribution in [0.1, 0.15) is 32.3 Å². The molecule has 4 heteroatoms. The predicted molar refractivity (Wildman–Crippen MR) is 84.3 cm³/mol. The van der Waals surface area contributed by atoms with Gasteiger partial charge < -0.3 is 15.3 Å². The van der Waals surface area contributed by atoms with Crippen molar-refractivity contribution in [3.05, 3.63) is 29.8 Å². The summed E-state index contributed by atoms with van der Waals surface area (Å²) < 4.78 is 0. The van der Waals surface area contributed by atoms with Crippen LogP contribution in [0.5, 0.6) is 5.75 Å². The lowest BCUT2D eigenvalue weighted by Crippen LogP contribution is -2.44. The molecule has 0 saturated carbocycles. The minimum Gasteiger partial charge on any atom is -0.508 e. The summed E-state index contributed by atoms with van der Waals surface area (Å²) >= 11 is 0. The number of rotatable bonds is 5. The lowest BCUT2D eigenvalue weighted by Gasteiger charge is -2.33. The SMILES string of the molecule is CC(C)NCC1CCCN(C(=O)Cc2ccccc2O)C1. The summed E-state index contributed by atoms with van der Waals surface area (Å²) in [5, 5.41) is 13.2. The van der Waals surface area contributed by atoms with Crippen LogP contribution in [0.4, 0.5) is 0 Å². The highest BCUT2D eigenvalue weighted by atomic mass is 16.3. The molecule has 0 radical (unpaired) electrons. The van der Waals surface area contributed by atoms with Gasteiger partial charge in [0.15, 0.2) is 0 Å². The Bertz CT molecular complexity index is 474. The van der Waals surface area contributed by atoms with Crippen molar-refractivity contribution in [3.63, 3.8) is 0 Å². The molecule has 0 aliphatic carbocycles. The van der Waals surface area contributed by atoms with Gasteiger partial charge in [-0.3, -0.25) is 4.79 Å². The standard InChI is InChI=1S/C17H26N2O2/c1-13(2)18-11-14-6-5-9-19(12-14)17(21)10-15-7-3-4-8-16(15)20/h3-4,7-8,13-14,18,20H,5-6,9-12H2,1-2H3. The van der Waals surface area contributed by atoms with E-state index in [0.717, 1.165) is 26.1 Å². The molecule has 2 N–H and O–H groups in total. The topological polar surface area (TPSA) is 52.6 Å². The van der Waals surface area contributed by atoms with Gasteiger partial charge in [-0.25, -0.2) is 0 Å². The highest BCUT2D eigenvalue weighted by Crippen LogP contribution is 2.20. The first-order valence-corrected chi connectivity index (χ1v) is 7.84. The maximum absolute atomic E-state index is 12.4. The van der Waals surface area contributed by atoms with Crippen LogP contribution in [-0.2, 0) is 11.2 Å². The second kappa shape index (κ2) is 7.46. The minimum atomic E-state index is 0.116. The number of carbonyl (C=O) groups excluding carboxylic acids is 1. The fourth-order valence-electron chi connectivity index (χ4n) is 2.80. The zero-order chi connectivity index (χ0) is 15.2. The number of phenolic OH excluding ortho intramolecular Hbond substituents is 1. The lowest BCUT2D eigenvalue weighted by molar-refractivity contribution is -0.132. The molecule has 21 heavy (non-hydrogen) atoms. The zero-order valence-corrected chi connectivity index (χ0v) is 13.0. The molecule has 1 fully saturated rings. The lowest BCUT2D eigenvalue weighted by atomic mass is 9.97. The minimum absolute atomic E-state index is 0.116. The molecule has 1 aromatic rings. The summed E-state index contributed by atoms with van der Waals surface area (Å²) in [4.78, 5) is 14.3. The van der Waals surface area contributed by atoms with Gasteiger partial charge in [-0.1, -0.05) is 32.0 Å². The van der Waals surface area contributed by atoms with Crippen molar-refractivity contribution in [3.8, 4) is 5.75 Å². The van der Waals surface area contributed by atoms with Gasteiger partial charge in [0, 0.05) is 24.7 Å². The van der Waals surface area contributed by atoms with E-state index in [0.29, 0.717) is 17.5 Å². The quantitative estimate of drug-likeness (QED) is 0.874. The number of para-hydroxylation sites is 1. The molecule has 4 nitrogen and oxygen atoms in total. The van der Waals surface area contributed by atoms with Gasteiger partial charge >= 0.3 is 0 Å². The van der Waals surface area contributed by atoms with Gasteiger partial charge in [-0.05, 0) is 31.4 Å². The number of carbonyl (C=O) groups is 1. The van der Waals surface area contributed by atoms with Gasteiger partial charge in [0.2, 0.25) is 5.91 Å². The zero-order valence-electron chi connectivity index (χ0n) is 13.0. The number of aromatic hydroxyl groups is 1. The Morgan fingerprint density at radius 2 is 2.19 bits per heavy atom. The number of hydrogen-bond donors (Lipinski definition) is 2. The first-order chi connectivity index (χ1) is 10.1. The number of hydrogen-bond acceptors (Lipinski definition) is 3. The van der Waals surface area contributed by atoms with E-state index >= 15 is 0 Å². The highest BCUT2D eigenvalue weighted by Gasteiger charge is 2.24. The molecule has 1 heterocycles. The Morgan fingerprint density at radius 1 is 1.43 bits per heavy atom. The average Bonchev–Trinajstić information content (AvgIpc) is 2.48. The molecule has 1 aliphatic rings. The van der Waals surface area contributed by atoms with Crippen molar-refractivity contribution >= 4 is 5.91 Å². The second-order valence-electron chi connectivity index (χ2n) is 6.22. The van der Waals surface area contributed by atoms with Crippen molar-refractivity contribution < 1.29 is 9.90 Å². The Hall–Kier alpha value is -1.55. The van der Waals surface area contributed by atoms with E-state index < -0.39 is 0 Å². The summed E-state index contributed by atoms with van der Waals surface area (Å²) in [6, 6.07) is 7.56. The van der Waals surface area contributed by atoms with E-state index in [2.05, 4.69) is 19.2 Å². The van der Waals surface area contributed by atoms with Gasteiger partial charge in [-0.15, -0.1) is 0 Å². The van der Waals surface area contributed by atoms with Crippen molar-refractivity contribution in [1.82, 2.24) is 10.2 Å². The number of piperidine rings is 1. The molecule has 1 saturated heterocycles. The van der Waals surface area contributed by atoms with Crippen LogP contribution in [-0.4, -0.2) is 41.6 Å². The van der Waals surface area contributed by atoms with Gasteiger partial charge in [0.1, 0.15) is 5.75 Å². The molecule has 1 unspecified atom stereocenters. The van der Waals surface area contributed by atoms with E-state index in [-0.39, 0.29) is 18.1 Å². The van der Waals surface area contributed by atoms with E-state index in [1.807, 2.05) is 17.0 Å².